The minimum atomic E-state index is -0.536. The third kappa shape index (κ3) is 3.95. The maximum absolute atomic E-state index is 11.7. The Bertz CT molecular complexity index is 271. The summed E-state index contributed by atoms with van der Waals surface area (Å²) in [4.78, 5) is 14.2. The van der Waals surface area contributed by atoms with Gasteiger partial charge in [-0.1, -0.05) is 0 Å². The van der Waals surface area contributed by atoms with E-state index in [0.717, 1.165) is 31.8 Å². The molecule has 2 unspecified atom stereocenters. The number of nitrogens with one attached hydrogen (secondary N) is 1. The number of methoxy groups -OCH3 is 1. The van der Waals surface area contributed by atoms with E-state index in [1.807, 2.05) is 14.0 Å². The molecule has 4 nitrogen and oxygen atoms in total. The summed E-state index contributed by atoms with van der Waals surface area (Å²) in [6.45, 7) is 6.61. The number of esters is 1. The predicted molar refractivity (Wildman–Crippen MR) is 73.6 cm³/mol. The number of ether oxygens (including phenoxy) is 1. The zero-order chi connectivity index (χ0) is 13.6. The zero-order valence-electron chi connectivity index (χ0n) is 12.3. The summed E-state index contributed by atoms with van der Waals surface area (Å²) in [6, 6.07) is 0.737. The molecule has 0 aromatic rings. The van der Waals surface area contributed by atoms with Crippen LogP contribution in [0.2, 0.25) is 0 Å². The van der Waals surface area contributed by atoms with Crippen molar-refractivity contribution in [3.05, 3.63) is 0 Å². The Morgan fingerprint density at radius 2 is 2.22 bits per heavy atom. The molecule has 1 aliphatic rings. The molecule has 18 heavy (non-hydrogen) atoms. The van der Waals surface area contributed by atoms with Gasteiger partial charge in [0, 0.05) is 6.04 Å². The molecule has 0 aromatic carbocycles. The van der Waals surface area contributed by atoms with E-state index in [2.05, 4.69) is 17.1 Å². The molecular weight excluding hydrogens is 228 g/mol. The number of hydrogen-bond donors (Lipinski definition) is 1. The summed E-state index contributed by atoms with van der Waals surface area (Å²) in [5.74, 6) is -0.167. The minimum absolute atomic E-state index is 0.167. The standard InChI is InChI=1S/C14H28N2O2/c1-12-8-7-11-16(12)10-6-5-9-14(2,15-3)13(17)18-4/h12,15H,5-11H2,1-4H3. The van der Waals surface area contributed by atoms with Gasteiger partial charge in [-0.15, -0.1) is 0 Å². The molecular formula is C14H28N2O2. The van der Waals surface area contributed by atoms with Crippen LogP contribution < -0.4 is 5.32 Å². The minimum Gasteiger partial charge on any atom is -0.468 e. The van der Waals surface area contributed by atoms with Gasteiger partial charge in [0.2, 0.25) is 0 Å². The average Bonchev–Trinajstić information content (AvgIpc) is 2.79. The van der Waals surface area contributed by atoms with Crippen LogP contribution in [-0.2, 0) is 9.53 Å². The summed E-state index contributed by atoms with van der Waals surface area (Å²) in [6.07, 6.45) is 5.70. The number of carbonyl (C=O) groups excluding carboxylic acids is 1. The van der Waals surface area contributed by atoms with Gasteiger partial charge in [0.15, 0.2) is 0 Å². The first-order chi connectivity index (χ1) is 8.53. The van der Waals surface area contributed by atoms with Gasteiger partial charge in [0.05, 0.1) is 7.11 Å². The molecule has 106 valence electrons. The fourth-order valence-corrected chi connectivity index (χ4v) is 2.67. The summed E-state index contributed by atoms with van der Waals surface area (Å²) in [7, 11) is 3.27. The summed E-state index contributed by atoms with van der Waals surface area (Å²) in [5, 5.41) is 3.08. The molecule has 0 saturated carbocycles. The molecule has 0 bridgehead atoms. The topological polar surface area (TPSA) is 41.6 Å². The molecule has 0 aliphatic carbocycles. The number of likely N-dealkylation sites (tertiary alicyclic amines) is 1. The van der Waals surface area contributed by atoms with E-state index in [0.29, 0.717) is 0 Å². The third-order valence-corrected chi connectivity index (χ3v) is 4.25. The van der Waals surface area contributed by atoms with Crippen LogP contribution in [0.4, 0.5) is 0 Å². The van der Waals surface area contributed by atoms with Gasteiger partial charge >= 0.3 is 5.97 Å². The van der Waals surface area contributed by atoms with E-state index in [4.69, 9.17) is 4.74 Å². The molecule has 4 heteroatoms. The molecule has 1 rings (SSSR count). The van der Waals surface area contributed by atoms with Gasteiger partial charge in [-0.3, -0.25) is 4.79 Å². The number of carbonyl (C=O) groups is 1. The Balaban J connectivity index is 2.25. The molecule has 0 spiro atoms. The molecule has 1 heterocycles. The van der Waals surface area contributed by atoms with Crippen molar-refractivity contribution in [3.63, 3.8) is 0 Å². The van der Waals surface area contributed by atoms with Crippen molar-refractivity contribution in [2.75, 3.05) is 27.2 Å². The van der Waals surface area contributed by atoms with E-state index >= 15 is 0 Å². The summed E-state index contributed by atoms with van der Waals surface area (Å²) in [5.41, 5.74) is -0.536. The third-order valence-electron chi connectivity index (χ3n) is 4.25. The fraction of sp³-hybridized carbons (Fsp3) is 0.929. The number of likely N-dealkylation sites (N-methyl/N-ethyl adjacent to an activating group) is 1. The van der Waals surface area contributed by atoms with Crippen LogP contribution in [0.1, 0.15) is 46.0 Å². The van der Waals surface area contributed by atoms with Crippen LogP contribution in [0.5, 0.6) is 0 Å². The highest BCUT2D eigenvalue weighted by molar-refractivity contribution is 5.80. The maximum atomic E-state index is 11.7. The van der Waals surface area contributed by atoms with Crippen molar-refractivity contribution in [3.8, 4) is 0 Å². The second-order valence-corrected chi connectivity index (χ2v) is 5.56. The number of nitrogens with zero attached hydrogens (tertiary/aromatic N) is 1. The lowest BCUT2D eigenvalue weighted by Gasteiger charge is -2.27. The Morgan fingerprint density at radius 1 is 1.50 bits per heavy atom. The Hall–Kier alpha value is -0.610. The van der Waals surface area contributed by atoms with Crippen molar-refractivity contribution in [2.45, 2.75) is 57.5 Å². The number of hydrogen-bond acceptors (Lipinski definition) is 4. The van der Waals surface area contributed by atoms with Crippen LogP contribution in [0.3, 0.4) is 0 Å². The van der Waals surface area contributed by atoms with Crippen molar-refractivity contribution < 1.29 is 9.53 Å². The van der Waals surface area contributed by atoms with Crippen LogP contribution in [0, 0.1) is 0 Å². The number of unbranched alkanes of at least 4 members (excludes halogenated alkanes) is 1. The Morgan fingerprint density at radius 3 is 2.72 bits per heavy atom. The molecule has 1 N–H and O–H groups in total. The van der Waals surface area contributed by atoms with Crippen LogP contribution >= 0.6 is 0 Å². The molecule has 2 atom stereocenters. The first kappa shape index (κ1) is 15.4. The summed E-state index contributed by atoms with van der Waals surface area (Å²) >= 11 is 0. The lowest BCUT2D eigenvalue weighted by atomic mass is 9.95. The zero-order valence-corrected chi connectivity index (χ0v) is 12.3. The van der Waals surface area contributed by atoms with E-state index in [1.165, 1.54) is 26.5 Å². The largest absolute Gasteiger partial charge is 0.468 e. The van der Waals surface area contributed by atoms with Crippen molar-refractivity contribution in [1.82, 2.24) is 10.2 Å². The first-order valence-electron chi connectivity index (χ1n) is 7.05. The highest BCUT2D eigenvalue weighted by Gasteiger charge is 2.31. The SMILES string of the molecule is CNC(C)(CCCCN1CCCC1C)C(=O)OC. The van der Waals surface area contributed by atoms with E-state index in [9.17, 15) is 4.79 Å². The van der Waals surface area contributed by atoms with Gasteiger partial charge in [-0.2, -0.15) is 0 Å². The lowest BCUT2D eigenvalue weighted by molar-refractivity contribution is -0.148. The maximum Gasteiger partial charge on any atom is 0.325 e. The van der Waals surface area contributed by atoms with E-state index in [-0.39, 0.29) is 5.97 Å². The Kier molecular flexibility index (Phi) is 6.09. The van der Waals surface area contributed by atoms with Crippen LogP contribution in [0.25, 0.3) is 0 Å². The molecule has 1 fully saturated rings. The molecule has 0 radical (unpaired) electrons. The lowest BCUT2D eigenvalue weighted by Crippen LogP contribution is -2.48. The van der Waals surface area contributed by atoms with Crippen molar-refractivity contribution in [1.29, 1.82) is 0 Å². The summed E-state index contributed by atoms with van der Waals surface area (Å²) < 4.78 is 4.84. The van der Waals surface area contributed by atoms with Crippen LogP contribution in [0.15, 0.2) is 0 Å². The molecule has 1 saturated heterocycles. The molecule has 0 aromatic heterocycles. The smallest absolute Gasteiger partial charge is 0.325 e. The van der Waals surface area contributed by atoms with Gasteiger partial charge in [-0.25, -0.2) is 0 Å². The first-order valence-corrected chi connectivity index (χ1v) is 7.05. The van der Waals surface area contributed by atoms with Crippen molar-refractivity contribution in [2.24, 2.45) is 0 Å². The quantitative estimate of drug-likeness (QED) is 0.557. The fourth-order valence-electron chi connectivity index (χ4n) is 2.67. The predicted octanol–water partition coefficient (Wildman–Crippen LogP) is 1.79. The molecule has 1 aliphatic heterocycles. The highest BCUT2D eigenvalue weighted by Crippen LogP contribution is 2.19. The van der Waals surface area contributed by atoms with Gasteiger partial charge in [0.25, 0.3) is 0 Å². The second kappa shape index (κ2) is 7.10. The monoisotopic (exact) mass is 256 g/mol. The number of rotatable bonds is 7. The normalized spacial score (nSPS) is 23.9. The van der Waals surface area contributed by atoms with E-state index in [1.54, 1.807) is 0 Å². The van der Waals surface area contributed by atoms with Gasteiger partial charge in [-0.05, 0) is 66.1 Å². The van der Waals surface area contributed by atoms with Gasteiger partial charge in [0.1, 0.15) is 5.54 Å². The van der Waals surface area contributed by atoms with Crippen molar-refractivity contribution >= 4 is 5.97 Å². The molecule has 0 amide bonds. The van der Waals surface area contributed by atoms with E-state index < -0.39 is 5.54 Å². The highest BCUT2D eigenvalue weighted by atomic mass is 16.5. The average molecular weight is 256 g/mol. The second-order valence-electron chi connectivity index (χ2n) is 5.56. The Labute approximate surface area is 111 Å². The van der Waals surface area contributed by atoms with Gasteiger partial charge < -0.3 is 15.0 Å². The van der Waals surface area contributed by atoms with Crippen LogP contribution in [-0.4, -0.2) is 49.7 Å².